The predicted molar refractivity (Wildman–Crippen MR) is 82.3 cm³/mol. The molecule has 5 nitrogen and oxygen atoms in total. The summed E-state index contributed by atoms with van der Waals surface area (Å²) in [4.78, 5) is 12.9. The van der Waals surface area contributed by atoms with Crippen molar-refractivity contribution >= 4 is 21.7 Å². The molecule has 1 aliphatic heterocycles. The second kappa shape index (κ2) is 5.86. The molecule has 0 unspecified atom stereocenters. The first-order chi connectivity index (χ1) is 11.3. The first kappa shape index (κ1) is 16.4. The molecule has 8 heteroatoms. The van der Waals surface area contributed by atoms with Crippen LogP contribution < -0.4 is 9.08 Å². The molecule has 1 aliphatic rings. The van der Waals surface area contributed by atoms with Gasteiger partial charge in [-0.05, 0) is 42.3 Å². The van der Waals surface area contributed by atoms with E-state index >= 15 is 0 Å². The number of amides is 1. The van der Waals surface area contributed by atoms with Crippen LogP contribution in [0.2, 0.25) is 0 Å². The summed E-state index contributed by atoms with van der Waals surface area (Å²) in [6.07, 6.45) is 0.517. The molecular formula is C16H13F2NO4S. The minimum atomic E-state index is -4.27. The van der Waals surface area contributed by atoms with E-state index in [0.717, 1.165) is 12.1 Å². The molecule has 0 N–H and O–H groups in total. The Kier molecular flexibility index (Phi) is 4.00. The number of carbonyl (C=O) groups excluding carboxylic acids is 1. The van der Waals surface area contributed by atoms with Crippen LogP contribution in [0.3, 0.4) is 0 Å². The largest absolute Gasteiger partial charge is 0.376 e. The van der Waals surface area contributed by atoms with Crippen molar-refractivity contribution in [2.75, 3.05) is 11.4 Å². The van der Waals surface area contributed by atoms with Crippen LogP contribution in [0.5, 0.6) is 5.75 Å². The molecular weight excluding hydrogens is 340 g/mol. The van der Waals surface area contributed by atoms with Gasteiger partial charge in [-0.2, -0.15) is 8.42 Å². The van der Waals surface area contributed by atoms with Crippen molar-refractivity contribution in [2.45, 2.75) is 18.2 Å². The van der Waals surface area contributed by atoms with Crippen LogP contribution in [-0.4, -0.2) is 20.9 Å². The van der Waals surface area contributed by atoms with Gasteiger partial charge in [0.1, 0.15) is 10.7 Å². The number of hydrogen-bond donors (Lipinski definition) is 0. The molecule has 0 bridgehead atoms. The molecule has 126 valence electrons. The van der Waals surface area contributed by atoms with Gasteiger partial charge in [0.15, 0.2) is 11.6 Å². The van der Waals surface area contributed by atoms with Crippen LogP contribution in [0, 0.1) is 11.6 Å². The van der Waals surface area contributed by atoms with Gasteiger partial charge < -0.3 is 9.08 Å². The lowest BCUT2D eigenvalue weighted by molar-refractivity contribution is -0.116. The fourth-order valence-electron chi connectivity index (χ4n) is 2.57. The molecule has 0 atom stereocenters. The van der Waals surface area contributed by atoms with Crippen LogP contribution in [0.25, 0.3) is 0 Å². The standard InChI is InChI=1S/C16H13F2NO4S/c1-10(20)19-7-6-11-8-13(3-4-15(11)19)24(21,22)23-16-5-2-12(17)9-14(16)18/h2-5,8-9H,6-7H2,1H3. The van der Waals surface area contributed by atoms with E-state index in [-0.39, 0.29) is 10.8 Å². The molecule has 0 saturated carbocycles. The zero-order chi connectivity index (χ0) is 17.5. The predicted octanol–water partition coefficient (Wildman–Crippen LogP) is 2.64. The van der Waals surface area contributed by atoms with Gasteiger partial charge in [-0.1, -0.05) is 0 Å². The first-order valence-electron chi connectivity index (χ1n) is 7.08. The summed E-state index contributed by atoms with van der Waals surface area (Å²) in [6.45, 7) is 1.90. The van der Waals surface area contributed by atoms with E-state index < -0.39 is 27.5 Å². The number of carbonyl (C=O) groups is 1. The maximum absolute atomic E-state index is 13.6. The second-order valence-electron chi connectivity index (χ2n) is 5.32. The number of anilines is 1. The molecule has 0 radical (unpaired) electrons. The topological polar surface area (TPSA) is 63.7 Å². The van der Waals surface area contributed by atoms with Gasteiger partial charge in [-0.3, -0.25) is 4.79 Å². The van der Waals surface area contributed by atoms with Crippen LogP contribution >= 0.6 is 0 Å². The highest BCUT2D eigenvalue weighted by Gasteiger charge is 2.26. The Morgan fingerprint density at radius 3 is 2.58 bits per heavy atom. The van der Waals surface area contributed by atoms with E-state index in [2.05, 4.69) is 0 Å². The zero-order valence-electron chi connectivity index (χ0n) is 12.6. The van der Waals surface area contributed by atoms with Gasteiger partial charge in [-0.15, -0.1) is 0 Å². The monoisotopic (exact) mass is 353 g/mol. The summed E-state index contributed by atoms with van der Waals surface area (Å²) < 4.78 is 55.8. The van der Waals surface area contributed by atoms with E-state index in [1.807, 2.05) is 0 Å². The van der Waals surface area contributed by atoms with E-state index in [1.165, 1.54) is 25.1 Å². The van der Waals surface area contributed by atoms with Crippen molar-refractivity contribution in [2.24, 2.45) is 0 Å². The second-order valence-corrected chi connectivity index (χ2v) is 6.87. The molecule has 1 heterocycles. The minimum absolute atomic E-state index is 0.131. The average molecular weight is 353 g/mol. The fraction of sp³-hybridized carbons (Fsp3) is 0.188. The van der Waals surface area contributed by atoms with E-state index in [0.29, 0.717) is 30.3 Å². The summed E-state index contributed by atoms with van der Waals surface area (Å²) in [5.74, 6) is -2.65. The summed E-state index contributed by atoms with van der Waals surface area (Å²) in [5, 5.41) is 0. The summed E-state index contributed by atoms with van der Waals surface area (Å²) in [5.41, 5.74) is 1.34. The van der Waals surface area contributed by atoms with Crippen LogP contribution in [0.1, 0.15) is 12.5 Å². The molecule has 2 aromatic carbocycles. The third-order valence-corrected chi connectivity index (χ3v) is 4.94. The third-order valence-electron chi connectivity index (χ3n) is 3.71. The Labute approximate surface area is 137 Å². The number of benzene rings is 2. The highest BCUT2D eigenvalue weighted by atomic mass is 32.2. The van der Waals surface area contributed by atoms with E-state index in [9.17, 15) is 22.0 Å². The summed E-state index contributed by atoms with van der Waals surface area (Å²) >= 11 is 0. The van der Waals surface area contributed by atoms with Crippen LogP contribution in [0.4, 0.5) is 14.5 Å². The van der Waals surface area contributed by atoms with Gasteiger partial charge in [0.2, 0.25) is 5.91 Å². The summed E-state index contributed by atoms with van der Waals surface area (Å²) in [7, 11) is -4.27. The van der Waals surface area contributed by atoms with Crippen LogP contribution in [-0.2, 0) is 21.3 Å². The van der Waals surface area contributed by atoms with E-state index in [1.54, 1.807) is 4.90 Å². The van der Waals surface area contributed by atoms with Crippen molar-refractivity contribution < 1.29 is 26.2 Å². The number of halogens is 2. The Morgan fingerprint density at radius 1 is 1.17 bits per heavy atom. The number of nitrogens with zero attached hydrogens (tertiary/aromatic N) is 1. The Balaban J connectivity index is 1.92. The lowest BCUT2D eigenvalue weighted by atomic mass is 10.2. The van der Waals surface area contributed by atoms with Crippen molar-refractivity contribution in [3.05, 3.63) is 53.6 Å². The van der Waals surface area contributed by atoms with Gasteiger partial charge >= 0.3 is 10.1 Å². The third kappa shape index (κ3) is 2.96. The summed E-state index contributed by atoms with van der Waals surface area (Å²) in [6, 6.07) is 6.56. The average Bonchev–Trinajstić information content (AvgIpc) is 2.93. The van der Waals surface area contributed by atoms with Gasteiger partial charge in [-0.25, -0.2) is 8.78 Å². The lowest BCUT2D eigenvalue weighted by Crippen LogP contribution is -2.25. The molecule has 0 saturated heterocycles. The molecule has 0 aliphatic carbocycles. The molecule has 1 amide bonds. The Hall–Kier alpha value is -2.48. The molecule has 0 aromatic heterocycles. The quantitative estimate of drug-likeness (QED) is 0.796. The number of rotatable bonds is 3. The SMILES string of the molecule is CC(=O)N1CCc2cc(S(=O)(=O)Oc3ccc(F)cc3F)ccc21. The van der Waals surface area contributed by atoms with Crippen molar-refractivity contribution in [1.29, 1.82) is 0 Å². The van der Waals surface area contributed by atoms with Gasteiger partial charge in [0.05, 0.1) is 0 Å². The maximum atomic E-state index is 13.6. The molecule has 24 heavy (non-hydrogen) atoms. The Morgan fingerprint density at radius 2 is 1.92 bits per heavy atom. The van der Waals surface area contributed by atoms with Crippen molar-refractivity contribution in [3.63, 3.8) is 0 Å². The lowest BCUT2D eigenvalue weighted by Gasteiger charge is -2.15. The number of hydrogen-bond acceptors (Lipinski definition) is 4. The van der Waals surface area contributed by atoms with E-state index in [4.69, 9.17) is 4.18 Å². The molecule has 2 aromatic rings. The van der Waals surface area contributed by atoms with Crippen molar-refractivity contribution in [1.82, 2.24) is 0 Å². The molecule has 0 fully saturated rings. The van der Waals surface area contributed by atoms with Crippen LogP contribution in [0.15, 0.2) is 41.3 Å². The molecule has 3 rings (SSSR count). The smallest absolute Gasteiger partial charge is 0.339 e. The first-order valence-corrected chi connectivity index (χ1v) is 8.49. The fourth-order valence-corrected chi connectivity index (χ4v) is 3.56. The maximum Gasteiger partial charge on any atom is 0.339 e. The highest BCUT2D eigenvalue weighted by Crippen LogP contribution is 2.31. The highest BCUT2D eigenvalue weighted by molar-refractivity contribution is 7.87. The number of fused-ring (bicyclic) bond motifs is 1. The van der Waals surface area contributed by atoms with Gasteiger partial charge in [0.25, 0.3) is 0 Å². The minimum Gasteiger partial charge on any atom is -0.376 e. The normalized spacial score (nSPS) is 13.7. The van der Waals surface area contributed by atoms with Crippen molar-refractivity contribution in [3.8, 4) is 5.75 Å². The Bertz CT molecular complexity index is 928. The zero-order valence-corrected chi connectivity index (χ0v) is 13.4. The molecule has 0 spiro atoms. The van der Waals surface area contributed by atoms with Gasteiger partial charge in [0, 0.05) is 25.2 Å².